The van der Waals surface area contributed by atoms with Crippen LogP contribution >= 0.6 is 0 Å². The van der Waals surface area contributed by atoms with Crippen molar-refractivity contribution >= 4 is 5.91 Å². The van der Waals surface area contributed by atoms with Gasteiger partial charge in [-0.15, -0.1) is 0 Å². The Morgan fingerprint density at radius 1 is 1.27 bits per heavy atom. The zero-order valence-electron chi connectivity index (χ0n) is 8.86. The van der Waals surface area contributed by atoms with Crippen molar-refractivity contribution in [3.63, 3.8) is 0 Å². The molecule has 15 heavy (non-hydrogen) atoms. The standard InChI is InChI=1S/C9H15F4NO/c1-5(2)6(3)4-14-8(15)9(12,13)7(10)11/h5-7H,4H2,1-3H3,(H,14,15). The molecule has 0 bridgehead atoms. The molecule has 0 saturated heterocycles. The van der Waals surface area contributed by atoms with Gasteiger partial charge in [-0.2, -0.15) is 8.78 Å². The third-order valence-corrected chi connectivity index (χ3v) is 2.30. The largest absolute Gasteiger partial charge is 0.383 e. The highest BCUT2D eigenvalue weighted by Crippen LogP contribution is 2.22. The summed E-state index contributed by atoms with van der Waals surface area (Å²) >= 11 is 0. The van der Waals surface area contributed by atoms with Gasteiger partial charge in [0.25, 0.3) is 5.91 Å². The molecule has 0 aromatic rings. The van der Waals surface area contributed by atoms with Crippen LogP contribution in [0.1, 0.15) is 20.8 Å². The molecule has 0 spiro atoms. The highest BCUT2D eigenvalue weighted by Gasteiger charge is 2.48. The van der Waals surface area contributed by atoms with Gasteiger partial charge in [0.05, 0.1) is 0 Å². The molecule has 1 unspecified atom stereocenters. The van der Waals surface area contributed by atoms with Gasteiger partial charge in [-0.1, -0.05) is 20.8 Å². The Balaban J connectivity index is 4.15. The topological polar surface area (TPSA) is 29.1 Å². The smallest absolute Gasteiger partial charge is 0.350 e. The minimum Gasteiger partial charge on any atom is -0.350 e. The Hall–Kier alpha value is -0.810. The lowest BCUT2D eigenvalue weighted by Crippen LogP contribution is -2.46. The van der Waals surface area contributed by atoms with Crippen molar-refractivity contribution in [1.82, 2.24) is 5.32 Å². The van der Waals surface area contributed by atoms with Crippen LogP contribution in [0.5, 0.6) is 0 Å². The molecule has 0 radical (unpaired) electrons. The van der Waals surface area contributed by atoms with Gasteiger partial charge in [0.15, 0.2) is 0 Å². The molecule has 0 saturated carbocycles. The van der Waals surface area contributed by atoms with Crippen LogP contribution in [0.15, 0.2) is 0 Å². The lowest BCUT2D eigenvalue weighted by molar-refractivity contribution is -0.169. The molecule has 2 nitrogen and oxygen atoms in total. The summed E-state index contributed by atoms with van der Waals surface area (Å²) in [5, 5.41) is 1.82. The number of nitrogens with one attached hydrogen (secondary N) is 1. The number of halogens is 4. The first-order valence-electron chi connectivity index (χ1n) is 4.63. The Labute approximate surface area is 86.0 Å². The van der Waals surface area contributed by atoms with Gasteiger partial charge in [-0.3, -0.25) is 4.79 Å². The number of carbonyl (C=O) groups excluding carboxylic acids is 1. The van der Waals surface area contributed by atoms with Crippen LogP contribution < -0.4 is 5.32 Å². The fraction of sp³-hybridized carbons (Fsp3) is 0.889. The zero-order valence-corrected chi connectivity index (χ0v) is 8.86. The first-order valence-corrected chi connectivity index (χ1v) is 4.63. The highest BCUT2D eigenvalue weighted by molar-refractivity contribution is 5.83. The molecule has 0 heterocycles. The summed E-state index contributed by atoms with van der Waals surface area (Å²) in [7, 11) is 0. The van der Waals surface area contributed by atoms with Crippen molar-refractivity contribution in [3.05, 3.63) is 0 Å². The van der Waals surface area contributed by atoms with Gasteiger partial charge in [0, 0.05) is 6.54 Å². The maximum atomic E-state index is 12.4. The molecule has 0 fully saturated rings. The number of amides is 1. The van der Waals surface area contributed by atoms with Crippen molar-refractivity contribution in [3.8, 4) is 0 Å². The summed E-state index contributed by atoms with van der Waals surface area (Å²) in [5.41, 5.74) is 0. The van der Waals surface area contributed by atoms with Crippen LogP contribution in [-0.2, 0) is 4.79 Å². The van der Waals surface area contributed by atoms with E-state index >= 15 is 0 Å². The lowest BCUT2D eigenvalue weighted by atomic mass is 9.98. The third kappa shape index (κ3) is 4.05. The predicted molar refractivity (Wildman–Crippen MR) is 48.0 cm³/mol. The quantitative estimate of drug-likeness (QED) is 0.720. The molecule has 1 amide bonds. The fourth-order valence-electron chi connectivity index (χ4n) is 0.706. The molecule has 0 aromatic heterocycles. The van der Waals surface area contributed by atoms with E-state index in [1.165, 1.54) is 0 Å². The highest BCUT2D eigenvalue weighted by atomic mass is 19.3. The number of carbonyl (C=O) groups is 1. The van der Waals surface area contributed by atoms with Crippen molar-refractivity contribution in [2.45, 2.75) is 33.1 Å². The number of hydrogen-bond acceptors (Lipinski definition) is 1. The van der Waals surface area contributed by atoms with Crippen LogP contribution in [0, 0.1) is 11.8 Å². The van der Waals surface area contributed by atoms with Crippen LogP contribution in [0.2, 0.25) is 0 Å². The van der Waals surface area contributed by atoms with Gasteiger partial charge in [-0.05, 0) is 11.8 Å². The summed E-state index contributed by atoms with van der Waals surface area (Å²) in [6.45, 7) is 5.41. The van der Waals surface area contributed by atoms with E-state index < -0.39 is 18.3 Å². The summed E-state index contributed by atoms with van der Waals surface area (Å²) in [4.78, 5) is 10.7. The van der Waals surface area contributed by atoms with E-state index in [2.05, 4.69) is 0 Å². The predicted octanol–water partition coefficient (Wildman–Crippen LogP) is 2.30. The van der Waals surface area contributed by atoms with Crippen LogP contribution in [0.25, 0.3) is 0 Å². The average Bonchev–Trinajstić information content (AvgIpc) is 2.12. The maximum Gasteiger partial charge on any atom is 0.383 e. The molecule has 90 valence electrons. The van der Waals surface area contributed by atoms with Crippen molar-refractivity contribution in [2.24, 2.45) is 11.8 Å². The molecule has 0 aliphatic rings. The van der Waals surface area contributed by atoms with E-state index in [9.17, 15) is 22.4 Å². The van der Waals surface area contributed by atoms with Crippen molar-refractivity contribution in [2.75, 3.05) is 6.54 Å². The van der Waals surface area contributed by atoms with Crippen LogP contribution in [0.3, 0.4) is 0 Å². The summed E-state index contributed by atoms with van der Waals surface area (Å²) < 4.78 is 48.3. The van der Waals surface area contributed by atoms with E-state index in [1.807, 2.05) is 19.2 Å². The van der Waals surface area contributed by atoms with Crippen molar-refractivity contribution < 1.29 is 22.4 Å². The summed E-state index contributed by atoms with van der Waals surface area (Å²) in [6, 6.07) is 0. The second kappa shape index (κ2) is 5.32. The molecule has 1 atom stereocenters. The number of rotatable bonds is 5. The van der Waals surface area contributed by atoms with Gasteiger partial charge >= 0.3 is 12.3 Å². The molecule has 0 aromatic carbocycles. The van der Waals surface area contributed by atoms with Gasteiger partial charge in [-0.25, -0.2) is 8.78 Å². The molecule has 0 aliphatic heterocycles. The monoisotopic (exact) mass is 229 g/mol. The molecule has 1 N–H and O–H groups in total. The van der Waals surface area contributed by atoms with Gasteiger partial charge in [0.2, 0.25) is 0 Å². The lowest BCUT2D eigenvalue weighted by Gasteiger charge is -2.19. The normalized spacial score (nSPS) is 14.5. The van der Waals surface area contributed by atoms with Crippen LogP contribution in [-0.4, -0.2) is 24.8 Å². The molecule has 0 rings (SSSR count). The van der Waals surface area contributed by atoms with Gasteiger partial charge < -0.3 is 5.32 Å². The molecular formula is C9H15F4NO. The minimum atomic E-state index is -4.60. The fourth-order valence-corrected chi connectivity index (χ4v) is 0.706. The number of hydrogen-bond donors (Lipinski definition) is 1. The zero-order chi connectivity index (χ0) is 12.2. The maximum absolute atomic E-state index is 12.4. The summed E-state index contributed by atoms with van der Waals surface area (Å²) in [5.74, 6) is -6.37. The second-order valence-corrected chi connectivity index (χ2v) is 3.85. The SMILES string of the molecule is CC(C)C(C)CNC(=O)C(F)(F)C(F)F. The Bertz CT molecular complexity index is 218. The Morgan fingerprint density at radius 2 is 1.73 bits per heavy atom. The molecule has 0 aliphatic carbocycles. The minimum absolute atomic E-state index is 0.0290. The van der Waals surface area contributed by atoms with Gasteiger partial charge in [0.1, 0.15) is 0 Å². The first-order chi connectivity index (χ1) is 6.69. The van der Waals surface area contributed by atoms with E-state index in [4.69, 9.17) is 0 Å². The third-order valence-electron chi connectivity index (χ3n) is 2.30. The van der Waals surface area contributed by atoms with Crippen molar-refractivity contribution in [1.29, 1.82) is 0 Å². The van der Waals surface area contributed by atoms with Crippen LogP contribution in [0.4, 0.5) is 17.6 Å². The first kappa shape index (κ1) is 14.2. The second-order valence-electron chi connectivity index (χ2n) is 3.85. The van der Waals surface area contributed by atoms with E-state index in [1.54, 1.807) is 6.92 Å². The number of alkyl halides is 4. The average molecular weight is 229 g/mol. The molecule has 6 heteroatoms. The molecular weight excluding hydrogens is 214 g/mol. The Morgan fingerprint density at radius 3 is 2.07 bits per heavy atom. The summed E-state index contributed by atoms with van der Waals surface area (Å²) in [6.07, 6.45) is -3.97. The Kier molecular flexibility index (Phi) is 5.03. The van der Waals surface area contributed by atoms with E-state index in [-0.39, 0.29) is 18.4 Å². The van der Waals surface area contributed by atoms with E-state index in [0.717, 1.165) is 0 Å². The van der Waals surface area contributed by atoms with E-state index in [0.29, 0.717) is 0 Å².